The topological polar surface area (TPSA) is 46.3 Å². The Bertz CT molecular complexity index is 943. The first kappa shape index (κ1) is 16.1. The van der Waals surface area contributed by atoms with Crippen LogP contribution in [0, 0.1) is 6.92 Å². The van der Waals surface area contributed by atoms with Crippen molar-refractivity contribution in [2.24, 2.45) is 0 Å². The van der Waals surface area contributed by atoms with Crippen molar-refractivity contribution in [3.63, 3.8) is 0 Å². The van der Waals surface area contributed by atoms with Crippen molar-refractivity contribution in [1.82, 2.24) is 19.6 Å². The molecule has 0 unspecified atom stereocenters. The minimum atomic E-state index is -4.59. The molecule has 0 aliphatic carbocycles. The Balaban J connectivity index is 1.71. The molecule has 0 radical (unpaired) electrons. The van der Waals surface area contributed by atoms with Gasteiger partial charge in [-0.05, 0) is 30.4 Å². The smallest absolute Gasteiger partial charge is 0.352 e. The number of halogens is 3. The molecule has 3 aromatic heterocycles. The molecule has 1 aliphatic heterocycles. The summed E-state index contributed by atoms with van der Waals surface area (Å²) in [6, 6.07) is 5.83. The molecule has 0 spiro atoms. The highest BCUT2D eigenvalue weighted by atomic mass is 32.1. The fourth-order valence-electron chi connectivity index (χ4n) is 2.88. The maximum Gasteiger partial charge on any atom is 0.453 e. The first-order valence-electron chi connectivity index (χ1n) is 7.71. The van der Waals surface area contributed by atoms with Crippen LogP contribution in [0.25, 0.3) is 11.4 Å². The van der Waals surface area contributed by atoms with E-state index in [2.05, 4.69) is 27.2 Å². The number of fused-ring (bicyclic) bond motifs is 1. The predicted octanol–water partition coefficient (Wildman–Crippen LogP) is 3.81. The van der Waals surface area contributed by atoms with Crippen LogP contribution in [0.2, 0.25) is 0 Å². The van der Waals surface area contributed by atoms with Gasteiger partial charge in [-0.1, -0.05) is 12.1 Å². The average Bonchev–Trinajstić information content (AvgIpc) is 3.23. The molecule has 0 aromatic carbocycles. The maximum absolute atomic E-state index is 12.9. The monoisotopic (exact) mass is 365 g/mol. The SMILES string of the molecule is Cc1cc(N2CC=C(c3cccs3)CC2)n2nc(C(F)(F)F)nc2n1. The summed E-state index contributed by atoms with van der Waals surface area (Å²) >= 11 is 1.69. The molecule has 130 valence electrons. The molecule has 0 amide bonds. The van der Waals surface area contributed by atoms with Crippen LogP contribution in [0.3, 0.4) is 0 Å². The number of aromatic nitrogens is 4. The summed E-state index contributed by atoms with van der Waals surface area (Å²) in [5, 5.41) is 5.66. The van der Waals surface area contributed by atoms with Crippen LogP contribution in [0.5, 0.6) is 0 Å². The van der Waals surface area contributed by atoms with Crippen molar-refractivity contribution in [2.45, 2.75) is 19.5 Å². The van der Waals surface area contributed by atoms with Crippen molar-refractivity contribution in [3.05, 3.63) is 46.1 Å². The Hall–Kier alpha value is -2.42. The van der Waals surface area contributed by atoms with Crippen molar-refractivity contribution in [1.29, 1.82) is 0 Å². The van der Waals surface area contributed by atoms with Gasteiger partial charge in [0, 0.05) is 29.7 Å². The molecule has 3 aromatic rings. The van der Waals surface area contributed by atoms with Crippen LogP contribution < -0.4 is 4.90 Å². The van der Waals surface area contributed by atoms with Crippen LogP contribution in [0.4, 0.5) is 19.0 Å². The second-order valence-corrected chi connectivity index (χ2v) is 6.75. The number of aryl methyl sites for hydroxylation is 1. The highest BCUT2D eigenvalue weighted by Gasteiger charge is 2.37. The van der Waals surface area contributed by atoms with Gasteiger partial charge in [0.05, 0.1) is 0 Å². The Morgan fingerprint density at radius 1 is 1.24 bits per heavy atom. The molecule has 25 heavy (non-hydrogen) atoms. The van der Waals surface area contributed by atoms with Gasteiger partial charge in [-0.25, -0.2) is 4.98 Å². The fourth-order valence-corrected chi connectivity index (χ4v) is 3.67. The molecule has 1 aliphatic rings. The van der Waals surface area contributed by atoms with Gasteiger partial charge in [-0.2, -0.15) is 22.7 Å². The second-order valence-electron chi connectivity index (χ2n) is 5.80. The largest absolute Gasteiger partial charge is 0.453 e. The summed E-state index contributed by atoms with van der Waals surface area (Å²) in [6.07, 6.45) is -1.66. The number of hydrogen-bond acceptors (Lipinski definition) is 5. The van der Waals surface area contributed by atoms with Gasteiger partial charge in [0.25, 0.3) is 11.6 Å². The van der Waals surface area contributed by atoms with E-state index in [0.717, 1.165) is 6.42 Å². The first-order valence-corrected chi connectivity index (χ1v) is 8.59. The average molecular weight is 365 g/mol. The van der Waals surface area contributed by atoms with E-state index in [1.54, 1.807) is 24.3 Å². The Labute approximate surface area is 145 Å². The number of rotatable bonds is 2. The molecule has 0 saturated carbocycles. The van der Waals surface area contributed by atoms with Crippen molar-refractivity contribution < 1.29 is 13.2 Å². The molecule has 0 saturated heterocycles. The molecule has 4 rings (SSSR count). The van der Waals surface area contributed by atoms with Gasteiger partial charge in [0.1, 0.15) is 5.82 Å². The lowest BCUT2D eigenvalue weighted by atomic mass is 10.1. The normalized spacial score (nSPS) is 15.7. The van der Waals surface area contributed by atoms with Crippen LogP contribution in [-0.2, 0) is 6.18 Å². The zero-order valence-electron chi connectivity index (χ0n) is 13.3. The summed E-state index contributed by atoms with van der Waals surface area (Å²) < 4.78 is 39.9. The van der Waals surface area contributed by atoms with Gasteiger partial charge in [0.2, 0.25) is 0 Å². The van der Waals surface area contributed by atoms with E-state index in [1.807, 2.05) is 16.3 Å². The summed E-state index contributed by atoms with van der Waals surface area (Å²) in [5.74, 6) is -0.624. The number of anilines is 1. The molecule has 9 heteroatoms. The highest BCUT2D eigenvalue weighted by Crippen LogP contribution is 2.30. The van der Waals surface area contributed by atoms with Gasteiger partial charge in [0.15, 0.2) is 0 Å². The van der Waals surface area contributed by atoms with E-state index < -0.39 is 12.0 Å². The maximum atomic E-state index is 12.9. The van der Waals surface area contributed by atoms with Crippen LogP contribution in [0.15, 0.2) is 29.7 Å². The molecular weight excluding hydrogens is 351 g/mol. The van der Waals surface area contributed by atoms with Crippen LogP contribution >= 0.6 is 11.3 Å². The standard InChI is InChI=1S/C16H14F3N5S/c1-10-9-13(24-15(20-10)21-14(22-24)16(17,18)19)23-6-4-11(5-7-23)12-3-2-8-25-12/h2-4,8-9H,5-7H2,1H3. The quantitative estimate of drug-likeness (QED) is 0.693. The third-order valence-electron chi connectivity index (χ3n) is 4.05. The predicted molar refractivity (Wildman–Crippen MR) is 89.6 cm³/mol. The molecule has 0 atom stereocenters. The summed E-state index contributed by atoms with van der Waals surface area (Å²) in [7, 11) is 0. The van der Waals surface area contributed by atoms with Gasteiger partial charge < -0.3 is 4.90 Å². The molecule has 0 N–H and O–H groups in total. The number of hydrogen-bond donors (Lipinski definition) is 0. The Kier molecular flexibility index (Phi) is 3.75. The number of nitrogens with zero attached hydrogens (tertiary/aromatic N) is 5. The van der Waals surface area contributed by atoms with E-state index >= 15 is 0 Å². The number of thiophene rings is 1. The number of alkyl halides is 3. The second kappa shape index (κ2) is 5.83. The van der Waals surface area contributed by atoms with Crippen molar-refractivity contribution in [2.75, 3.05) is 18.0 Å². The van der Waals surface area contributed by atoms with Crippen LogP contribution in [-0.4, -0.2) is 32.7 Å². The lowest BCUT2D eigenvalue weighted by Gasteiger charge is -2.28. The molecule has 0 fully saturated rings. The zero-order chi connectivity index (χ0) is 17.6. The van der Waals surface area contributed by atoms with Crippen molar-refractivity contribution in [3.8, 4) is 0 Å². The summed E-state index contributed by atoms with van der Waals surface area (Å²) in [6.45, 7) is 3.04. The molecule has 5 nitrogen and oxygen atoms in total. The third kappa shape index (κ3) is 2.99. The van der Waals surface area contributed by atoms with E-state index in [9.17, 15) is 13.2 Å². The van der Waals surface area contributed by atoms with Gasteiger partial charge >= 0.3 is 6.18 Å². The molecule has 0 bridgehead atoms. The van der Waals surface area contributed by atoms with E-state index in [0.29, 0.717) is 24.6 Å². The lowest BCUT2D eigenvalue weighted by molar-refractivity contribution is -0.144. The lowest BCUT2D eigenvalue weighted by Crippen LogP contribution is -2.30. The summed E-state index contributed by atoms with van der Waals surface area (Å²) in [5.41, 5.74) is 1.87. The molecule has 4 heterocycles. The molecular formula is C16H14F3N5S. The minimum absolute atomic E-state index is 0.0321. The Morgan fingerprint density at radius 3 is 2.72 bits per heavy atom. The van der Waals surface area contributed by atoms with E-state index in [-0.39, 0.29) is 5.78 Å². The van der Waals surface area contributed by atoms with E-state index in [1.165, 1.54) is 15.0 Å². The van der Waals surface area contributed by atoms with Gasteiger partial charge in [-0.3, -0.25) is 0 Å². The van der Waals surface area contributed by atoms with Crippen molar-refractivity contribution >= 4 is 28.5 Å². The minimum Gasteiger partial charge on any atom is -0.352 e. The van der Waals surface area contributed by atoms with Gasteiger partial charge in [-0.15, -0.1) is 16.4 Å². The highest BCUT2D eigenvalue weighted by molar-refractivity contribution is 7.11. The Morgan fingerprint density at radius 2 is 2.08 bits per heavy atom. The third-order valence-corrected chi connectivity index (χ3v) is 4.99. The first-order chi connectivity index (χ1) is 11.9. The zero-order valence-corrected chi connectivity index (χ0v) is 14.1. The summed E-state index contributed by atoms with van der Waals surface area (Å²) in [4.78, 5) is 10.8. The van der Waals surface area contributed by atoms with E-state index in [4.69, 9.17) is 0 Å². The fraction of sp³-hybridized carbons (Fsp3) is 0.312. The van der Waals surface area contributed by atoms with Crippen LogP contribution in [0.1, 0.15) is 22.8 Å².